The summed E-state index contributed by atoms with van der Waals surface area (Å²) in [5.74, 6) is 0. The average molecular weight is 752 g/mol. The first-order valence-electron chi connectivity index (χ1n) is 13.1. The van der Waals surface area contributed by atoms with Gasteiger partial charge in [-0.05, 0) is 21.5 Å². The molecule has 8 heterocycles. The van der Waals surface area contributed by atoms with Gasteiger partial charge in [-0.2, -0.15) is 0 Å². The predicted molar refractivity (Wildman–Crippen MR) is 180 cm³/mol. The van der Waals surface area contributed by atoms with Crippen LogP contribution in [0.25, 0.3) is 44.1 Å². The molecule has 0 atom stereocenters. The van der Waals surface area contributed by atoms with E-state index in [1.54, 1.807) is 74.6 Å². The summed E-state index contributed by atoms with van der Waals surface area (Å²) in [5, 5.41) is 4.44. The second-order valence-corrected chi connectivity index (χ2v) is 11.9. The van der Waals surface area contributed by atoms with Crippen LogP contribution in [0, 0.1) is 0 Å². The maximum Gasteiger partial charge on any atom is 2.00 e. The minimum Gasteiger partial charge on any atom is -0.442 e. The van der Waals surface area contributed by atoms with Crippen LogP contribution in [0.4, 0.5) is 0 Å². The van der Waals surface area contributed by atoms with Gasteiger partial charge in [0.1, 0.15) is 0 Å². The zero-order chi connectivity index (χ0) is 31.6. The molecule has 8 aromatic heterocycles. The second-order valence-electron chi connectivity index (χ2n) is 8.93. The molecule has 2 radical (unpaired) electrons. The molecule has 0 saturated carbocycles. The number of nitrogens with zero attached hydrogens (tertiary/aromatic N) is 8. The quantitative estimate of drug-likeness (QED) is 0.199. The Morgan fingerprint density at radius 1 is 0.413 bits per heavy atom. The van der Waals surface area contributed by atoms with Gasteiger partial charge in [-0.1, -0.05) is 145 Å². The van der Waals surface area contributed by atoms with E-state index in [0.29, 0.717) is 0 Å². The normalized spacial score (nSPS) is 9.52. The SMILES string of the molecule is CS(C)=O.CS(C)=O.[Cu+2].[Cu+2].c1cnc2[n-]ccc2c1.c1cnc2[n-]ccc2c1.c1cnc2[n-]ccc2c1.c1cnc2[n-]ccc2c1. The molecule has 0 spiro atoms. The van der Waals surface area contributed by atoms with Crippen molar-refractivity contribution in [3.05, 3.63) is 122 Å². The number of aromatic nitrogens is 8. The van der Waals surface area contributed by atoms with Crippen LogP contribution in [0.15, 0.2) is 122 Å². The first kappa shape index (κ1) is 40.1. The van der Waals surface area contributed by atoms with E-state index in [-0.39, 0.29) is 34.1 Å². The fraction of sp³-hybridized carbons (Fsp3) is 0.125. The summed E-state index contributed by atoms with van der Waals surface area (Å²) >= 11 is 0. The van der Waals surface area contributed by atoms with Gasteiger partial charge in [-0.3, -0.25) is 8.42 Å². The molecule has 0 unspecified atom stereocenters. The average Bonchev–Trinajstić information content (AvgIpc) is 3.84. The summed E-state index contributed by atoms with van der Waals surface area (Å²) in [4.78, 5) is 32.2. The molecular weight excluding hydrogens is 720 g/mol. The van der Waals surface area contributed by atoms with Gasteiger partial charge in [0.2, 0.25) is 0 Å². The largest absolute Gasteiger partial charge is 2.00 e. The van der Waals surface area contributed by atoms with Crippen molar-refractivity contribution in [2.45, 2.75) is 0 Å². The van der Waals surface area contributed by atoms with E-state index in [9.17, 15) is 8.42 Å². The Balaban J connectivity index is 0.000000282. The van der Waals surface area contributed by atoms with Gasteiger partial charge < -0.3 is 39.9 Å². The Morgan fingerprint density at radius 2 is 0.609 bits per heavy atom. The van der Waals surface area contributed by atoms with E-state index in [0.717, 1.165) is 44.1 Å². The summed E-state index contributed by atoms with van der Waals surface area (Å²) in [6, 6.07) is 23.4. The third-order valence-electron chi connectivity index (χ3n) is 5.07. The van der Waals surface area contributed by atoms with Crippen LogP contribution in [-0.2, 0) is 55.7 Å². The molecule has 0 aliphatic carbocycles. The molecule has 0 aliphatic rings. The topological polar surface area (TPSA) is 142 Å². The van der Waals surface area contributed by atoms with Crippen LogP contribution < -0.4 is 19.9 Å². The van der Waals surface area contributed by atoms with Crippen LogP contribution in [-0.4, -0.2) is 53.4 Å². The molecular formula is C32H32Cu2N8O2S2. The van der Waals surface area contributed by atoms with Crippen molar-refractivity contribution < 1.29 is 42.6 Å². The number of fused-ring (bicyclic) bond motifs is 4. The summed E-state index contributed by atoms with van der Waals surface area (Å²) in [7, 11) is -1.22. The molecule has 14 heteroatoms. The Labute approximate surface area is 293 Å². The molecule has 0 N–H and O–H groups in total. The van der Waals surface area contributed by atoms with Gasteiger partial charge in [0, 0.05) is 46.6 Å². The van der Waals surface area contributed by atoms with Gasteiger partial charge in [-0.15, -0.1) is 0 Å². The molecule has 0 aliphatic heterocycles. The van der Waals surface area contributed by atoms with Crippen molar-refractivity contribution >= 4 is 65.7 Å². The summed E-state index contributed by atoms with van der Waals surface area (Å²) in [6.07, 6.45) is 20.6. The van der Waals surface area contributed by atoms with Crippen LogP contribution in [0.1, 0.15) is 0 Å². The number of pyridine rings is 4. The fourth-order valence-electron chi connectivity index (χ4n) is 3.34. The van der Waals surface area contributed by atoms with E-state index in [4.69, 9.17) is 0 Å². The standard InChI is InChI=1S/4C7H5N2.2C2H6OS.2Cu/c4*1-2-6-3-5-9-7(6)8-4-1;2*1-4(2)3;;/h4*1-5H;2*1-2H3;;/q4*-1;;;2*+2. The Hall–Kier alpha value is -3.90. The molecule has 46 heavy (non-hydrogen) atoms. The van der Waals surface area contributed by atoms with E-state index >= 15 is 0 Å². The van der Waals surface area contributed by atoms with Gasteiger partial charge in [0.05, 0.1) is 0 Å². The second kappa shape index (κ2) is 22.6. The number of hydrogen-bond donors (Lipinski definition) is 0. The van der Waals surface area contributed by atoms with Gasteiger partial charge in [0.15, 0.2) is 0 Å². The Morgan fingerprint density at radius 3 is 0.783 bits per heavy atom. The van der Waals surface area contributed by atoms with Crippen LogP contribution in [0.2, 0.25) is 0 Å². The Bertz CT molecular complexity index is 1600. The minimum absolute atomic E-state index is 0. The van der Waals surface area contributed by atoms with Gasteiger partial charge >= 0.3 is 34.1 Å². The van der Waals surface area contributed by atoms with Crippen molar-refractivity contribution in [2.75, 3.05) is 25.0 Å². The maximum atomic E-state index is 9.56. The smallest absolute Gasteiger partial charge is 0.442 e. The summed E-state index contributed by atoms with van der Waals surface area (Å²) in [6.45, 7) is 0. The summed E-state index contributed by atoms with van der Waals surface area (Å²) in [5.41, 5.74) is 3.32. The molecule has 8 rings (SSSR count). The molecule has 246 valence electrons. The summed E-state index contributed by atoms with van der Waals surface area (Å²) < 4.78 is 19.1. The molecule has 0 fully saturated rings. The third-order valence-corrected chi connectivity index (χ3v) is 5.07. The van der Waals surface area contributed by atoms with Gasteiger partial charge in [-0.25, -0.2) is 0 Å². The molecule has 8 aromatic rings. The first-order valence-corrected chi connectivity index (χ1v) is 17.1. The van der Waals surface area contributed by atoms with Crippen LogP contribution in [0.3, 0.4) is 0 Å². The molecule has 0 bridgehead atoms. The molecule has 10 nitrogen and oxygen atoms in total. The fourth-order valence-corrected chi connectivity index (χ4v) is 3.34. The van der Waals surface area contributed by atoms with E-state index in [1.165, 1.54) is 0 Å². The number of hydrogen-bond acceptors (Lipinski definition) is 6. The molecule has 0 amide bonds. The molecule has 0 saturated heterocycles. The van der Waals surface area contributed by atoms with Crippen LogP contribution >= 0.6 is 0 Å². The first-order chi connectivity index (χ1) is 21.3. The van der Waals surface area contributed by atoms with Crippen molar-refractivity contribution in [3.8, 4) is 0 Å². The monoisotopic (exact) mass is 750 g/mol. The van der Waals surface area contributed by atoms with Crippen molar-refractivity contribution in [2.24, 2.45) is 0 Å². The van der Waals surface area contributed by atoms with Crippen molar-refractivity contribution in [1.82, 2.24) is 39.9 Å². The van der Waals surface area contributed by atoms with Crippen LogP contribution in [0.5, 0.6) is 0 Å². The number of rotatable bonds is 0. The van der Waals surface area contributed by atoms with E-state index in [1.807, 2.05) is 72.8 Å². The van der Waals surface area contributed by atoms with Gasteiger partial charge in [0.25, 0.3) is 0 Å². The zero-order valence-corrected chi connectivity index (χ0v) is 28.9. The zero-order valence-electron chi connectivity index (χ0n) is 25.4. The third kappa shape index (κ3) is 14.9. The van der Waals surface area contributed by atoms with E-state index in [2.05, 4.69) is 39.9 Å². The maximum absolute atomic E-state index is 9.56. The Kier molecular flexibility index (Phi) is 19.7. The minimum atomic E-state index is -0.611. The van der Waals surface area contributed by atoms with Crippen molar-refractivity contribution in [1.29, 1.82) is 0 Å². The van der Waals surface area contributed by atoms with E-state index < -0.39 is 21.6 Å². The molecule has 0 aromatic carbocycles. The predicted octanol–water partition coefficient (Wildman–Crippen LogP) is 4.75. The van der Waals surface area contributed by atoms with Crippen molar-refractivity contribution in [3.63, 3.8) is 0 Å².